The van der Waals surface area contributed by atoms with E-state index in [-0.39, 0.29) is 24.1 Å². The van der Waals surface area contributed by atoms with Gasteiger partial charge in [-0.3, -0.25) is 4.79 Å². The Morgan fingerprint density at radius 1 is 1.25 bits per heavy atom. The number of amides is 1. The zero-order valence-electron chi connectivity index (χ0n) is 20.5. The molecule has 3 heterocycles. The SMILES string of the molecule is COc1cc(CNC(=O)c2cc(C3=NOC(CC4CCN(S(C)(=O)=O)CC4)C3)nc(C)n2)ccc1F. The molecule has 1 N–H and O–H groups in total. The van der Waals surface area contributed by atoms with Crippen molar-refractivity contribution < 1.29 is 27.2 Å². The van der Waals surface area contributed by atoms with E-state index in [2.05, 4.69) is 20.4 Å². The molecular formula is C24H30FN5O5S. The van der Waals surface area contributed by atoms with Crippen LogP contribution in [0.3, 0.4) is 0 Å². The molecule has 1 aromatic carbocycles. The van der Waals surface area contributed by atoms with Crippen LogP contribution in [0.15, 0.2) is 29.4 Å². The number of nitrogens with one attached hydrogen (secondary N) is 1. The topological polar surface area (TPSA) is 123 Å². The molecule has 0 saturated carbocycles. The van der Waals surface area contributed by atoms with Gasteiger partial charge in [-0.25, -0.2) is 27.1 Å². The monoisotopic (exact) mass is 519 g/mol. The van der Waals surface area contributed by atoms with Crippen molar-refractivity contribution in [2.75, 3.05) is 26.5 Å². The molecule has 0 spiro atoms. The van der Waals surface area contributed by atoms with Gasteiger partial charge in [0.05, 0.1) is 19.1 Å². The number of oxime groups is 1. The van der Waals surface area contributed by atoms with Gasteiger partial charge < -0.3 is 14.9 Å². The second-order valence-corrected chi connectivity index (χ2v) is 11.1. The van der Waals surface area contributed by atoms with Gasteiger partial charge in [0.25, 0.3) is 5.91 Å². The Labute approximate surface area is 209 Å². The van der Waals surface area contributed by atoms with E-state index in [1.54, 1.807) is 19.1 Å². The Kier molecular flexibility index (Phi) is 7.84. The third-order valence-electron chi connectivity index (χ3n) is 6.41. The third kappa shape index (κ3) is 6.35. The van der Waals surface area contributed by atoms with Crippen LogP contribution in [-0.4, -0.2) is 66.9 Å². The third-order valence-corrected chi connectivity index (χ3v) is 7.71. The van der Waals surface area contributed by atoms with Crippen LogP contribution in [-0.2, 0) is 21.4 Å². The lowest BCUT2D eigenvalue weighted by Crippen LogP contribution is -2.38. The van der Waals surface area contributed by atoms with Crippen LogP contribution in [0.25, 0.3) is 0 Å². The van der Waals surface area contributed by atoms with Crippen molar-refractivity contribution >= 4 is 21.6 Å². The number of carbonyl (C=O) groups is 1. The highest BCUT2D eigenvalue weighted by Crippen LogP contribution is 2.28. The summed E-state index contributed by atoms with van der Waals surface area (Å²) < 4.78 is 43.5. The highest BCUT2D eigenvalue weighted by Gasteiger charge is 2.30. The molecule has 2 aliphatic heterocycles. The smallest absolute Gasteiger partial charge is 0.270 e. The number of hydrogen-bond donors (Lipinski definition) is 1. The van der Waals surface area contributed by atoms with Gasteiger partial charge in [0, 0.05) is 26.1 Å². The van der Waals surface area contributed by atoms with E-state index in [9.17, 15) is 17.6 Å². The summed E-state index contributed by atoms with van der Waals surface area (Å²) in [5.41, 5.74) is 2.07. The van der Waals surface area contributed by atoms with Crippen molar-refractivity contribution in [3.8, 4) is 5.75 Å². The Morgan fingerprint density at radius 3 is 2.69 bits per heavy atom. The van der Waals surface area contributed by atoms with Crippen molar-refractivity contribution in [1.29, 1.82) is 0 Å². The molecule has 1 unspecified atom stereocenters. The van der Waals surface area contributed by atoms with Gasteiger partial charge in [0.2, 0.25) is 10.0 Å². The Bertz CT molecular complexity index is 1260. The number of piperidine rings is 1. The molecule has 0 aliphatic carbocycles. The first-order valence-electron chi connectivity index (χ1n) is 11.8. The molecule has 10 nitrogen and oxygen atoms in total. The minimum atomic E-state index is -3.15. The first-order valence-corrected chi connectivity index (χ1v) is 13.6. The summed E-state index contributed by atoms with van der Waals surface area (Å²) in [5, 5.41) is 6.99. The summed E-state index contributed by atoms with van der Waals surface area (Å²) in [6.07, 6.45) is 4.04. The number of methoxy groups -OCH3 is 1. The second-order valence-electron chi connectivity index (χ2n) is 9.15. The predicted octanol–water partition coefficient (Wildman–Crippen LogP) is 2.42. The number of ether oxygens (including phenoxy) is 1. The largest absolute Gasteiger partial charge is 0.494 e. The van der Waals surface area contributed by atoms with Crippen LogP contribution in [0.2, 0.25) is 0 Å². The number of aromatic nitrogens is 2. The number of benzene rings is 1. The molecular weight excluding hydrogens is 489 g/mol. The van der Waals surface area contributed by atoms with Gasteiger partial charge in [-0.05, 0) is 55.9 Å². The Balaban J connectivity index is 1.34. The molecule has 1 aromatic heterocycles. The summed E-state index contributed by atoms with van der Waals surface area (Å²) in [5.74, 6) is 0.0396. The summed E-state index contributed by atoms with van der Waals surface area (Å²) in [6, 6.07) is 5.98. The fourth-order valence-electron chi connectivity index (χ4n) is 4.47. The number of rotatable bonds is 8. The van der Waals surface area contributed by atoms with Crippen LogP contribution in [0.1, 0.15) is 53.3 Å². The van der Waals surface area contributed by atoms with E-state index >= 15 is 0 Å². The molecule has 12 heteroatoms. The fraction of sp³-hybridized carbons (Fsp3) is 0.500. The van der Waals surface area contributed by atoms with E-state index < -0.39 is 21.7 Å². The van der Waals surface area contributed by atoms with Crippen molar-refractivity contribution in [1.82, 2.24) is 19.6 Å². The molecule has 194 valence electrons. The standard InChI is InChI=1S/C24H30FN5O5S/c1-15-27-20(13-22(28-15)24(31)26-14-17-4-5-19(25)23(11-17)34-2)21-12-18(35-29-21)10-16-6-8-30(9-7-16)36(3,32)33/h4-5,11,13,16,18H,6-10,12,14H2,1-3H3,(H,26,31). The molecule has 0 bridgehead atoms. The maximum atomic E-state index is 13.6. The van der Waals surface area contributed by atoms with Crippen LogP contribution in [0.4, 0.5) is 4.39 Å². The summed E-state index contributed by atoms with van der Waals surface area (Å²) in [4.78, 5) is 27.1. The van der Waals surface area contributed by atoms with Gasteiger partial charge >= 0.3 is 0 Å². The first kappa shape index (κ1) is 26.0. The Hall–Kier alpha value is -3.12. The first-order chi connectivity index (χ1) is 17.1. The zero-order chi connectivity index (χ0) is 25.9. The van der Waals surface area contributed by atoms with E-state index in [4.69, 9.17) is 9.57 Å². The molecule has 2 aromatic rings. The number of hydrogen-bond acceptors (Lipinski definition) is 8. The second kappa shape index (κ2) is 10.9. The van der Waals surface area contributed by atoms with Gasteiger partial charge in [0.15, 0.2) is 11.6 Å². The van der Waals surface area contributed by atoms with Crippen molar-refractivity contribution in [3.63, 3.8) is 0 Å². The van der Waals surface area contributed by atoms with E-state index in [1.165, 1.54) is 29.8 Å². The fourth-order valence-corrected chi connectivity index (χ4v) is 5.35. The highest BCUT2D eigenvalue weighted by molar-refractivity contribution is 7.88. The molecule has 1 atom stereocenters. The van der Waals surface area contributed by atoms with Crippen LogP contribution in [0.5, 0.6) is 5.75 Å². The van der Waals surface area contributed by atoms with Gasteiger partial charge in [-0.1, -0.05) is 11.2 Å². The lowest BCUT2D eigenvalue weighted by molar-refractivity contribution is 0.0585. The molecule has 1 saturated heterocycles. The van der Waals surface area contributed by atoms with E-state index in [0.29, 0.717) is 48.2 Å². The summed E-state index contributed by atoms with van der Waals surface area (Å²) >= 11 is 0. The molecule has 1 amide bonds. The van der Waals surface area contributed by atoms with Gasteiger partial charge in [-0.15, -0.1) is 0 Å². The van der Waals surface area contributed by atoms with Crippen molar-refractivity contribution in [2.24, 2.45) is 11.1 Å². The van der Waals surface area contributed by atoms with E-state index in [0.717, 1.165) is 19.3 Å². The number of nitrogens with zero attached hydrogens (tertiary/aromatic N) is 4. The van der Waals surface area contributed by atoms with Crippen LogP contribution < -0.4 is 10.1 Å². The van der Waals surface area contributed by atoms with Crippen molar-refractivity contribution in [3.05, 3.63) is 52.9 Å². The van der Waals surface area contributed by atoms with Gasteiger partial charge in [-0.2, -0.15) is 0 Å². The average Bonchev–Trinajstić information content (AvgIpc) is 3.31. The minimum absolute atomic E-state index is 0.108. The van der Waals surface area contributed by atoms with E-state index in [1.807, 2.05) is 0 Å². The normalized spacial score (nSPS) is 19.0. The minimum Gasteiger partial charge on any atom is -0.494 e. The molecule has 36 heavy (non-hydrogen) atoms. The van der Waals surface area contributed by atoms with Gasteiger partial charge in [0.1, 0.15) is 23.3 Å². The number of sulfonamides is 1. The molecule has 2 aliphatic rings. The predicted molar refractivity (Wildman–Crippen MR) is 131 cm³/mol. The summed E-state index contributed by atoms with van der Waals surface area (Å²) in [6.45, 7) is 2.93. The number of halogens is 1. The number of aryl methyl sites for hydroxylation is 1. The molecule has 0 radical (unpaired) electrons. The maximum absolute atomic E-state index is 13.6. The summed E-state index contributed by atoms with van der Waals surface area (Å²) in [7, 11) is -1.77. The lowest BCUT2D eigenvalue weighted by atomic mass is 9.90. The lowest BCUT2D eigenvalue weighted by Gasteiger charge is -2.30. The molecule has 1 fully saturated rings. The van der Waals surface area contributed by atoms with Crippen LogP contribution >= 0.6 is 0 Å². The number of carbonyl (C=O) groups excluding carboxylic acids is 1. The van der Waals surface area contributed by atoms with Crippen LogP contribution in [0, 0.1) is 18.7 Å². The quantitative estimate of drug-likeness (QED) is 0.568. The Morgan fingerprint density at radius 2 is 2.00 bits per heavy atom. The molecule has 4 rings (SSSR count). The highest BCUT2D eigenvalue weighted by atomic mass is 32.2. The average molecular weight is 520 g/mol. The van der Waals surface area contributed by atoms with Crippen molar-refractivity contribution in [2.45, 2.75) is 45.3 Å². The zero-order valence-corrected chi connectivity index (χ0v) is 21.3. The maximum Gasteiger partial charge on any atom is 0.270 e.